The molecule has 0 nitrogen and oxygen atoms in total. The van der Waals surface area contributed by atoms with E-state index in [9.17, 15) is 0 Å². The monoisotopic (exact) mass is 413 g/mol. The van der Waals surface area contributed by atoms with Gasteiger partial charge in [0.05, 0.1) is 0 Å². The molecule has 0 bridgehead atoms. The smallest absolute Gasteiger partial charge is 1.00 e. The molecule has 0 aliphatic rings. The maximum absolute atomic E-state index is 5.01. The van der Waals surface area contributed by atoms with E-state index in [1.54, 1.807) is 0 Å². The molecule has 0 saturated heterocycles. The van der Waals surface area contributed by atoms with Gasteiger partial charge in [0.15, 0.2) is 0 Å². The van der Waals surface area contributed by atoms with Gasteiger partial charge in [-0.1, -0.05) is 0 Å². The van der Waals surface area contributed by atoms with Gasteiger partial charge in [0.1, 0.15) is 0 Å². The van der Waals surface area contributed by atoms with Crippen LogP contribution in [0.25, 0.3) is 0 Å². The first-order valence-electron chi connectivity index (χ1n) is 0.478. The van der Waals surface area contributed by atoms with Gasteiger partial charge in [-0.15, -0.1) is 0 Å². The Kier molecular flexibility index (Phi) is 23.7. The Balaban J connectivity index is -0.0000000800. The van der Waals surface area contributed by atoms with Crippen LogP contribution in [0.2, 0.25) is 0 Å². The molecule has 7 heteroatoms. The first-order chi connectivity index (χ1) is 2.00. The van der Waals surface area contributed by atoms with Crippen LogP contribution in [0.1, 0.15) is 0 Å². The average molecular weight is 415 g/mol. The van der Waals surface area contributed by atoms with Crippen LogP contribution < -0.4 is 103 Å². The van der Waals surface area contributed by atoms with Crippen LogP contribution in [0.4, 0.5) is 0 Å². The van der Waals surface area contributed by atoms with Crippen LogP contribution in [0, 0.1) is 0 Å². The van der Waals surface area contributed by atoms with E-state index in [1.807, 2.05) is 0 Å². The van der Waals surface area contributed by atoms with E-state index in [2.05, 4.69) is 0 Å². The second-order valence-electron chi connectivity index (χ2n) is 0.271. The summed E-state index contributed by atoms with van der Waals surface area (Å²) in [6.07, 6.45) is 0. The fourth-order valence-corrected chi connectivity index (χ4v) is 0. The van der Waals surface area contributed by atoms with Crippen LogP contribution in [0.3, 0.4) is 0 Å². The van der Waals surface area contributed by atoms with E-state index in [4.69, 9.17) is 37.7 Å². The van der Waals surface area contributed by atoms with Crippen molar-refractivity contribution in [3.05, 3.63) is 0 Å². The summed E-state index contributed by atoms with van der Waals surface area (Å²) in [6.45, 7) is 0. The van der Waals surface area contributed by atoms with Crippen molar-refractivity contribution in [1.29, 1.82) is 0 Å². The van der Waals surface area contributed by atoms with E-state index in [1.165, 1.54) is 0 Å². The summed E-state index contributed by atoms with van der Waals surface area (Å²) in [5.41, 5.74) is 0. The number of hydrogen-bond donors (Lipinski definition) is 0. The minimum Gasteiger partial charge on any atom is 1.00 e. The largest absolute Gasteiger partial charge is 1.00 e. The summed E-state index contributed by atoms with van der Waals surface area (Å²) in [7, 11) is 20.0. The van der Waals surface area contributed by atoms with Crippen LogP contribution in [-0.4, -0.2) is 0 Å². The van der Waals surface area contributed by atoms with Crippen molar-refractivity contribution in [2.75, 3.05) is 0 Å². The van der Waals surface area contributed by atoms with E-state index < -0.39 is 11.9 Å². The Morgan fingerprint density at radius 2 is 0.714 bits per heavy atom. The standard InChI is InChI=1S/4ClH.2K.Pt/h4*1H;;;/q;;;;2*+1;+2/p-4. The molecule has 0 amide bonds. The number of hydrogen-bond acceptors (Lipinski definition) is 0. The first-order valence-corrected chi connectivity index (χ1v) is 11.7. The normalized spacial score (nSPS) is 10.9. The van der Waals surface area contributed by atoms with Crippen LogP contribution >= 0.6 is 37.7 Å². The van der Waals surface area contributed by atoms with Gasteiger partial charge in [0, 0.05) is 0 Å². The van der Waals surface area contributed by atoms with E-state index in [0.29, 0.717) is 0 Å². The van der Waals surface area contributed by atoms with Gasteiger partial charge >= 0.3 is 152 Å². The zero-order valence-corrected chi connectivity index (χ0v) is 15.4. The Hall–Kier alpha value is 5.12. The number of rotatable bonds is 0. The summed E-state index contributed by atoms with van der Waals surface area (Å²) in [6, 6.07) is 0. The second-order valence-corrected chi connectivity index (χ2v) is 20.0. The third-order valence-electron chi connectivity index (χ3n) is 0. The van der Waals surface area contributed by atoms with Gasteiger partial charge < -0.3 is 0 Å². The Morgan fingerprint density at radius 3 is 0.714 bits per heavy atom. The predicted octanol–water partition coefficient (Wildman–Crippen LogP) is -3.24. The molecule has 0 fully saturated rings. The van der Waals surface area contributed by atoms with Gasteiger partial charge in [-0.25, -0.2) is 0 Å². The molecule has 0 N–H and O–H groups in total. The van der Waals surface area contributed by atoms with Crippen molar-refractivity contribution in [2.45, 2.75) is 0 Å². The summed E-state index contributed by atoms with van der Waals surface area (Å²) in [4.78, 5) is 0. The third kappa shape index (κ3) is 35.3. The van der Waals surface area contributed by atoms with Crippen LogP contribution in [0.15, 0.2) is 0 Å². The molecule has 40 valence electrons. The predicted molar refractivity (Wildman–Crippen MR) is 23.4 cm³/mol. The van der Waals surface area contributed by atoms with Gasteiger partial charge in [-0.2, -0.15) is 0 Å². The van der Waals surface area contributed by atoms with Crippen molar-refractivity contribution in [2.24, 2.45) is 0 Å². The van der Waals surface area contributed by atoms with E-state index >= 15 is 0 Å². The maximum Gasteiger partial charge on any atom is 1.00 e. The Bertz CT molecular complexity index is 25.2. The minimum absolute atomic E-state index is 0. The van der Waals surface area contributed by atoms with Crippen molar-refractivity contribution >= 4 is 37.7 Å². The first kappa shape index (κ1) is 18.0. The zero-order valence-electron chi connectivity index (χ0n) is 3.83. The SMILES string of the molecule is [Cl][Pt-2]([Cl])([Cl])[Cl].[K+].[K+]. The number of halogens is 4. The molecule has 0 aromatic carbocycles. The molecule has 0 radical (unpaired) electrons. The minimum atomic E-state index is -3.06. The summed E-state index contributed by atoms with van der Waals surface area (Å²) >= 11 is -3.06. The van der Waals surface area contributed by atoms with Crippen LogP contribution in [0.5, 0.6) is 0 Å². The molecule has 0 rings (SSSR count). The average Bonchev–Trinajstić information content (AvgIpc) is 0.722. The molecule has 0 unspecified atom stereocenters. The maximum atomic E-state index is 5.01. The molecule has 0 atom stereocenters. The van der Waals surface area contributed by atoms with Crippen molar-refractivity contribution < 1.29 is 115 Å². The molecule has 0 aromatic rings. The summed E-state index contributed by atoms with van der Waals surface area (Å²) < 4.78 is 0. The van der Waals surface area contributed by atoms with Gasteiger partial charge in [0.25, 0.3) is 0 Å². The van der Waals surface area contributed by atoms with Crippen molar-refractivity contribution in [3.63, 3.8) is 0 Å². The van der Waals surface area contributed by atoms with Crippen molar-refractivity contribution in [1.82, 2.24) is 0 Å². The van der Waals surface area contributed by atoms with E-state index in [0.717, 1.165) is 0 Å². The second kappa shape index (κ2) is 9.21. The zero-order chi connectivity index (χ0) is 4.50. The fourth-order valence-electron chi connectivity index (χ4n) is 0. The molecular weight excluding hydrogens is 415 g/mol. The molecule has 0 heterocycles. The summed E-state index contributed by atoms with van der Waals surface area (Å²) in [5, 5.41) is 0. The summed E-state index contributed by atoms with van der Waals surface area (Å²) in [5.74, 6) is 0. The molecule has 0 aliphatic heterocycles. The van der Waals surface area contributed by atoms with Crippen molar-refractivity contribution in [3.8, 4) is 0 Å². The van der Waals surface area contributed by atoms with Gasteiger partial charge in [0.2, 0.25) is 0 Å². The molecule has 0 aliphatic carbocycles. The third-order valence-corrected chi connectivity index (χ3v) is 0. The van der Waals surface area contributed by atoms with E-state index in [-0.39, 0.29) is 103 Å². The molecule has 0 aromatic heterocycles. The van der Waals surface area contributed by atoms with Gasteiger partial charge in [-0.3, -0.25) is 0 Å². The Labute approximate surface area is 147 Å². The Morgan fingerprint density at radius 1 is 0.714 bits per heavy atom. The molecule has 0 spiro atoms. The van der Waals surface area contributed by atoms with Crippen LogP contribution in [-0.2, 0) is 11.9 Å². The quantitative estimate of drug-likeness (QED) is 0.365. The topological polar surface area (TPSA) is 0 Å². The fraction of sp³-hybridized carbons (Fsp3) is 0. The van der Waals surface area contributed by atoms with Gasteiger partial charge in [-0.05, 0) is 0 Å². The molecular formula is Cl4K2Pt. The molecule has 7 heavy (non-hydrogen) atoms. The molecule has 0 saturated carbocycles.